The van der Waals surface area contributed by atoms with Crippen molar-refractivity contribution in [3.05, 3.63) is 29.8 Å². The first-order valence-corrected chi connectivity index (χ1v) is 6.38. The maximum atomic E-state index is 12.8. The fourth-order valence-corrected chi connectivity index (χ4v) is 2.33. The quantitative estimate of drug-likeness (QED) is 0.591. The second-order valence-corrected chi connectivity index (χ2v) is 4.89. The van der Waals surface area contributed by atoms with Crippen LogP contribution in [0.1, 0.15) is 6.92 Å². The summed E-state index contributed by atoms with van der Waals surface area (Å²) in [5, 5.41) is 0.920. The number of hydrogen-bond acceptors (Lipinski definition) is 1. The van der Waals surface area contributed by atoms with Crippen LogP contribution in [-0.2, 0) is 0 Å². The molecule has 0 heterocycles. The van der Waals surface area contributed by atoms with Gasteiger partial charge in [0.05, 0.1) is 0 Å². The van der Waals surface area contributed by atoms with Crippen molar-refractivity contribution < 1.29 is 8.78 Å². The highest BCUT2D eigenvalue weighted by Crippen LogP contribution is 2.23. The summed E-state index contributed by atoms with van der Waals surface area (Å²) < 4.78 is 25.4. The Hall–Kier alpha value is -0.0900. The fourth-order valence-electron chi connectivity index (χ4n) is 0.850. The minimum atomic E-state index is -0.789. The summed E-state index contributed by atoms with van der Waals surface area (Å²) in [6.07, 6.45) is 0. The molecule has 14 heavy (non-hydrogen) atoms. The predicted molar refractivity (Wildman–Crippen MR) is 60.0 cm³/mol. The Labute approximate surface area is 95.2 Å². The molecule has 0 bridgehead atoms. The van der Waals surface area contributed by atoms with Crippen molar-refractivity contribution in [2.45, 2.75) is 11.8 Å². The van der Waals surface area contributed by atoms with Crippen molar-refractivity contribution in [2.75, 3.05) is 11.1 Å². The molecule has 1 rings (SSSR count). The Bertz CT molecular complexity index is 304. The molecule has 0 aliphatic rings. The molecular formula is C10H11BrF2S. The number of halogens is 3. The van der Waals surface area contributed by atoms with Gasteiger partial charge in [-0.1, -0.05) is 22.9 Å². The smallest absolute Gasteiger partial charge is 0.159 e. The molecular weight excluding hydrogens is 270 g/mol. The largest absolute Gasteiger partial charge is 0.204 e. The van der Waals surface area contributed by atoms with E-state index in [1.165, 1.54) is 17.8 Å². The molecule has 1 unspecified atom stereocenters. The molecule has 0 aliphatic carbocycles. The Balaban J connectivity index is 2.55. The Morgan fingerprint density at radius 1 is 1.36 bits per heavy atom. The van der Waals surface area contributed by atoms with Gasteiger partial charge in [-0.3, -0.25) is 0 Å². The molecule has 0 aromatic heterocycles. The third-order valence-electron chi connectivity index (χ3n) is 1.69. The molecule has 0 saturated carbocycles. The fraction of sp³-hybridized carbons (Fsp3) is 0.400. The van der Waals surface area contributed by atoms with Gasteiger partial charge in [-0.2, -0.15) is 0 Å². The van der Waals surface area contributed by atoms with Gasteiger partial charge in [-0.15, -0.1) is 11.8 Å². The van der Waals surface area contributed by atoms with Crippen molar-refractivity contribution in [3.63, 3.8) is 0 Å². The average molecular weight is 281 g/mol. The van der Waals surface area contributed by atoms with Crippen LogP contribution < -0.4 is 0 Å². The molecule has 0 N–H and O–H groups in total. The van der Waals surface area contributed by atoms with Gasteiger partial charge in [0.2, 0.25) is 0 Å². The zero-order valence-electron chi connectivity index (χ0n) is 7.77. The maximum absolute atomic E-state index is 12.8. The van der Waals surface area contributed by atoms with E-state index < -0.39 is 11.6 Å². The summed E-state index contributed by atoms with van der Waals surface area (Å²) in [5.74, 6) is -0.145. The van der Waals surface area contributed by atoms with Crippen LogP contribution in [0.2, 0.25) is 0 Å². The Morgan fingerprint density at radius 3 is 2.64 bits per heavy atom. The molecule has 0 saturated heterocycles. The van der Waals surface area contributed by atoms with Gasteiger partial charge >= 0.3 is 0 Å². The van der Waals surface area contributed by atoms with Crippen LogP contribution in [0.4, 0.5) is 8.78 Å². The van der Waals surface area contributed by atoms with Gasteiger partial charge in [-0.05, 0) is 24.1 Å². The highest BCUT2D eigenvalue weighted by molar-refractivity contribution is 9.09. The van der Waals surface area contributed by atoms with Crippen molar-refractivity contribution >= 4 is 27.7 Å². The molecule has 0 fully saturated rings. The summed E-state index contributed by atoms with van der Waals surface area (Å²) in [5.41, 5.74) is 0. The number of thioether (sulfide) groups is 1. The van der Waals surface area contributed by atoms with Gasteiger partial charge in [-0.25, -0.2) is 8.78 Å². The normalized spacial score (nSPS) is 12.9. The van der Waals surface area contributed by atoms with E-state index in [4.69, 9.17) is 0 Å². The van der Waals surface area contributed by atoms with Gasteiger partial charge in [0.15, 0.2) is 11.6 Å². The summed E-state index contributed by atoms with van der Waals surface area (Å²) in [7, 11) is 0. The summed E-state index contributed by atoms with van der Waals surface area (Å²) in [6, 6.07) is 4.00. The molecule has 4 heteroatoms. The first-order valence-electron chi connectivity index (χ1n) is 4.27. The highest BCUT2D eigenvalue weighted by Gasteiger charge is 2.05. The zero-order valence-corrected chi connectivity index (χ0v) is 10.2. The summed E-state index contributed by atoms with van der Waals surface area (Å²) in [6.45, 7) is 2.10. The second-order valence-electron chi connectivity index (χ2n) is 3.15. The molecule has 1 aromatic rings. The molecule has 0 amide bonds. The second kappa shape index (κ2) is 5.71. The number of rotatable bonds is 4. The summed E-state index contributed by atoms with van der Waals surface area (Å²) in [4.78, 5) is 0.775. The SMILES string of the molecule is CC(CBr)CSc1ccc(F)c(F)c1. The molecule has 0 spiro atoms. The van der Waals surface area contributed by atoms with Crippen molar-refractivity contribution in [2.24, 2.45) is 5.92 Å². The molecule has 0 nitrogen and oxygen atoms in total. The van der Waals surface area contributed by atoms with Crippen LogP contribution in [0, 0.1) is 17.6 Å². The lowest BCUT2D eigenvalue weighted by Crippen LogP contribution is -1.98. The van der Waals surface area contributed by atoms with E-state index in [9.17, 15) is 8.78 Å². The first-order chi connectivity index (χ1) is 6.63. The molecule has 78 valence electrons. The van der Waals surface area contributed by atoms with Gasteiger partial charge in [0.25, 0.3) is 0 Å². The highest BCUT2D eigenvalue weighted by atomic mass is 79.9. The van der Waals surface area contributed by atoms with E-state index in [2.05, 4.69) is 22.9 Å². The monoisotopic (exact) mass is 280 g/mol. The molecule has 1 atom stereocenters. The minimum absolute atomic E-state index is 0.521. The minimum Gasteiger partial charge on any atom is -0.204 e. The van der Waals surface area contributed by atoms with E-state index in [1.807, 2.05) is 0 Å². The van der Waals surface area contributed by atoms with Crippen molar-refractivity contribution in [1.29, 1.82) is 0 Å². The van der Waals surface area contributed by atoms with Gasteiger partial charge < -0.3 is 0 Å². The van der Waals surface area contributed by atoms with E-state index in [0.717, 1.165) is 22.0 Å². The van der Waals surface area contributed by atoms with E-state index in [1.54, 1.807) is 6.07 Å². The molecule has 0 radical (unpaired) electrons. The third kappa shape index (κ3) is 3.58. The lowest BCUT2D eigenvalue weighted by molar-refractivity contribution is 0.506. The van der Waals surface area contributed by atoms with E-state index >= 15 is 0 Å². The molecule has 1 aromatic carbocycles. The van der Waals surface area contributed by atoms with E-state index in [-0.39, 0.29) is 0 Å². The zero-order chi connectivity index (χ0) is 10.6. The first kappa shape index (κ1) is 12.0. The van der Waals surface area contributed by atoms with Crippen LogP contribution in [0.25, 0.3) is 0 Å². The lowest BCUT2D eigenvalue weighted by Gasteiger charge is -2.06. The Kier molecular flexibility index (Phi) is 4.89. The van der Waals surface area contributed by atoms with Gasteiger partial charge in [0.1, 0.15) is 0 Å². The van der Waals surface area contributed by atoms with Crippen molar-refractivity contribution in [3.8, 4) is 0 Å². The van der Waals surface area contributed by atoms with Crippen LogP contribution in [-0.4, -0.2) is 11.1 Å². The van der Waals surface area contributed by atoms with Crippen LogP contribution >= 0.6 is 27.7 Å². The third-order valence-corrected chi connectivity index (χ3v) is 4.12. The average Bonchev–Trinajstić information content (AvgIpc) is 2.19. The molecule has 0 aliphatic heterocycles. The van der Waals surface area contributed by atoms with Gasteiger partial charge in [0, 0.05) is 16.0 Å². The topological polar surface area (TPSA) is 0 Å². The van der Waals surface area contributed by atoms with Crippen LogP contribution in [0.5, 0.6) is 0 Å². The van der Waals surface area contributed by atoms with E-state index in [0.29, 0.717) is 5.92 Å². The maximum Gasteiger partial charge on any atom is 0.159 e. The number of hydrogen-bond donors (Lipinski definition) is 0. The van der Waals surface area contributed by atoms with Crippen LogP contribution in [0.3, 0.4) is 0 Å². The number of benzene rings is 1. The van der Waals surface area contributed by atoms with Crippen molar-refractivity contribution in [1.82, 2.24) is 0 Å². The number of alkyl halides is 1. The predicted octanol–water partition coefficient (Wildman–Crippen LogP) is 4.09. The van der Waals surface area contributed by atoms with Crippen LogP contribution in [0.15, 0.2) is 23.1 Å². The summed E-state index contributed by atoms with van der Waals surface area (Å²) >= 11 is 4.91. The Morgan fingerprint density at radius 2 is 2.07 bits per heavy atom. The standard InChI is InChI=1S/C10H11BrF2S/c1-7(5-11)6-14-8-2-3-9(12)10(13)4-8/h2-4,7H,5-6H2,1H3. The lowest BCUT2D eigenvalue weighted by atomic mass is 10.3.